The normalized spacial score (nSPS) is 26.8. The van der Waals surface area contributed by atoms with Gasteiger partial charge >= 0.3 is 0 Å². The minimum absolute atomic E-state index is 0.00562. The van der Waals surface area contributed by atoms with E-state index in [1.165, 1.54) is 12.1 Å². The number of anilines is 1. The second-order valence-electron chi connectivity index (χ2n) is 4.30. The van der Waals surface area contributed by atoms with Gasteiger partial charge in [-0.2, -0.15) is 0 Å². The zero-order valence-electron chi connectivity index (χ0n) is 10.5. The third kappa shape index (κ3) is 2.76. The Morgan fingerprint density at radius 1 is 1.50 bits per heavy atom. The number of benzene rings is 1. The van der Waals surface area contributed by atoms with Gasteiger partial charge in [-0.1, -0.05) is 11.6 Å². The zero-order valence-corrected chi connectivity index (χ0v) is 11.2. The van der Waals surface area contributed by atoms with Crippen molar-refractivity contribution < 1.29 is 13.9 Å². The molecule has 0 radical (unpaired) electrons. The molecule has 1 N–H and O–H groups in total. The number of hydrogen-bond acceptors (Lipinski definition) is 3. The summed E-state index contributed by atoms with van der Waals surface area (Å²) in [5.74, 6) is -0.338. The molecule has 0 saturated heterocycles. The van der Waals surface area contributed by atoms with Gasteiger partial charge in [-0.3, -0.25) is 0 Å². The predicted molar refractivity (Wildman–Crippen MR) is 69.6 cm³/mol. The van der Waals surface area contributed by atoms with Crippen LogP contribution in [-0.4, -0.2) is 32.0 Å². The minimum Gasteiger partial charge on any atom is -0.378 e. The summed E-state index contributed by atoms with van der Waals surface area (Å²) in [5, 5.41) is 3.64. The molecule has 18 heavy (non-hydrogen) atoms. The van der Waals surface area contributed by atoms with Crippen molar-refractivity contribution in [3.05, 3.63) is 29.0 Å². The third-order valence-electron chi connectivity index (χ3n) is 3.17. The highest BCUT2D eigenvalue weighted by atomic mass is 35.5. The van der Waals surface area contributed by atoms with Gasteiger partial charge in [-0.15, -0.1) is 0 Å². The molecule has 1 aliphatic carbocycles. The van der Waals surface area contributed by atoms with Gasteiger partial charge in [-0.05, 0) is 31.5 Å². The fourth-order valence-corrected chi connectivity index (χ4v) is 2.44. The van der Waals surface area contributed by atoms with Crippen molar-refractivity contribution in [2.24, 2.45) is 0 Å². The zero-order chi connectivity index (χ0) is 13.1. The van der Waals surface area contributed by atoms with E-state index in [9.17, 15) is 4.39 Å². The predicted octanol–water partition coefficient (Wildman–Crippen LogP) is 3.08. The van der Waals surface area contributed by atoms with Crippen LogP contribution in [0.1, 0.15) is 13.3 Å². The molecule has 3 nitrogen and oxygen atoms in total. The summed E-state index contributed by atoms with van der Waals surface area (Å²) in [6.45, 7) is 2.64. The Hall–Kier alpha value is -0.840. The third-order valence-corrected chi connectivity index (χ3v) is 3.49. The van der Waals surface area contributed by atoms with Gasteiger partial charge in [-0.25, -0.2) is 4.39 Å². The Kier molecular flexibility index (Phi) is 4.43. The molecule has 1 fully saturated rings. The van der Waals surface area contributed by atoms with Crippen molar-refractivity contribution in [2.75, 3.05) is 19.0 Å². The van der Waals surface area contributed by atoms with Crippen molar-refractivity contribution in [2.45, 2.75) is 31.6 Å². The first-order valence-corrected chi connectivity index (χ1v) is 6.39. The molecule has 1 saturated carbocycles. The van der Waals surface area contributed by atoms with E-state index in [1.807, 2.05) is 6.92 Å². The fraction of sp³-hybridized carbons (Fsp3) is 0.538. The summed E-state index contributed by atoms with van der Waals surface area (Å²) < 4.78 is 23.9. The van der Waals surface area contributed by atoms with Crippen molar-refractivity contribution >= 4 is 17.3 Å². The standard InChI is InChI=1S/C13H17ClFNO2/c1-3-18-12-7-11(13(12)17-2)16-10-5-4-8(15)6-9(10)14/h4-6,11-13,16H,3,7H2,1-2H3. The minimum atomic E-state index is -0.338. The van der Waals surface area contributed by atoms with Crippen molar-refractivity contribution in [1.29, 1.82) is 0 Å². The summed E-state index contributed by atoms with van der Waals surface area (Å²) in [7, 11) is 1.66. The van der Waals surface area contributed by atoms with Crippen LogP contribution in [0.3, 0.4) is 0 Å². The molecule has 0 aromatic heterocycles. The first kappa shape index (κ1) is 13.6. The van der Waals surface area contributed by atoms with Gasteiger partial charge in [0, 0.05) is 13.7 Å². The Bertz CT molecular complexity index is 416. The Balaban J connectivity index is 1.98. The maximum Gasteiger partial charge on any atom is 0.124 e. The van der Waals surface area contributed by atoms with Gasteiger partial charge < -0.3 is 14.8 Å². The van der Waals surface area contributed by atoms with Crippen LogP contribution in [-0.2, 0) is 9.47 Å². The van der Waals surface area contributed by atoms with Crippen LogP contribution >= 0.6 is 11.6 Å². The second-order valence-corrected chi connectivity index (χ2v) is 4.71. The van der Waals surface area contributed by atoms with Gasteiger partial charge in [0.15, 0.2) is 0 Å². The number of rotatable bonds is 5. The van der Waals surface area contributed by atoms with E-state index in [0.717, 1.165) is 12.1 Å². The monoisotopic (exact) mass is 273 g/mol. The molecular formula is C13H17ClFNO2. The van der Waals surface area contributed by atoms with E-state index in [0.29, 0.717) is 11.6 Å². The summed E-state index contributed by atoms with van der Waals surface area (Å²) in [5.41, 5.74) is 0.722. The van der Waals surface area contributed by atoms with Gasteiger partial charge in [0.25, 0.3) is 0 Å². The highest BCUT2D eigenvalue weighted by Crippen LogP contribution is 2.32. The van der Waals surface area contributed by atoms with Crippen LogP contribution in [0.25, 0.3) is 0 Å². The molecule has 2 rings (SSSR count). The topological polar surface area (TPSA) is 30.5 Å². The lowest BCUT2D eigenvalue weighted by Crippen LogP contribution is -2.56. The highest BCUT2D eigenvalue weighted by Gasteiger charge is 2.42. The molecule has 1 aromatic rings. The van der Waals surface area contributed by atoms with Crippen LogP contribution in [0.15, 0.2) is 18.2 Å². The summed E-state index contributed by atoms with van der Waals surface area (Å²) in [6, 6.07) is 4.46. The van der Waals surface area contributed by atoms with Crippen molar-refractivity contribution in [1.82, 2.24) is 0 Å². The van der Waals surface area contributed by atoms with E-state index in [4.69, 9.17) is 21.1 Å². The number of ether oxygens (including phenoxy) is 2. The molecule has 0 spiro atoms. The molecule has 3 atom stereocenters. The van der Waals surface area contributed by atoms with Crippen LogP contribution in [0.2, 0.25) is 5.02 Å². The number of halogens is 2. The fourth-order valence-electron chi connectivity index (χ4n) is 2.22. The average molecular weight is 274 g/mol. The van der Waals surface area contributed by atoms with Gasteiger partial charge in [0.2, 0.25) is 0 Å². The van der Waals surface area contributed by atoms with Crippen LogP contribution in [0, 0.1) is 5.82 Å². The number of methoxy groups -OCH3 is 1. The Labute approximate surface area is 111 Å². The summed E-state index contributed by atoms with van der Waals surface area (Å²) in [4.78, 5) is 0. The van der Waals surface area contributed by atoms with Gasteiger partial charge in [0.1, 0.15) is 11.9 Å². The smallest absolute Gasteiger partial charge is 0.124 e. The second kappa shape index (κ2) is 5.87. The quantitative estimate of drug-likeness (QED) is 0.894. The molecule has 0 amide bonds. The molecule has 0 aliphatic heterocycles. The molecule has 0 bridgehead atoms. The lowest BCUT2D eigenvalue weighted by atomic mass is 9.85. The lowest BCUT2D eigenvalue weighted by Gasteiger charge is -2.43. The van der Waals surface area contributed by atoms with E-state index in [2.05, 4.69) is 5.32 Å². The number of hydrogen-bond donors (Lipinski definition) is 1. The first-order valence-electron chi connectivity index (χ1n) is 6.01. The van der Waals surface area contributed by atoms with E-state index in [1.54, 1.807) is 13.2 Å². The molecule has 3 unspecified atom stereocenters. The Morgan fingerprint density at radius 3 is 2.89 bits per heavy atom. The van der Waals surface area contributed by atoms with E-state index < -0.39 is 0 Å². The SMILES string of the molecule is CCOC1CC(Nc2ccc(F)cc2Cl)C1OC. The lowest BCUT2D eigenvalue weighted by molar-refractivity contribution is -0.118. The summed E-state index contributed by atoms with van der Waals surface area (Å²) >= 11 is 5.97. The maximum atomic E-state index is 12.9. The maximum absolute atomic E-state index is 12.9. The van der Waals surface area contributed by atoms with Crippen LogP contribution < -0.4 is 5.32 Å². The van der Waals surface area contributed by atoms with Gasteiger partial charge in [0.05, 0.1) is 22.9 Å². The van der Waals surface area contributed by atoms with E-state index >= 15 is 0 Å². The largest absolute Gasteiger partial charge is 0.378 e. The van der Waals surface area contributed by atoms with Crippen LogP contribution in [0.4, 0.5) is 10.1 Å². The highest BCUT2D eigenvalue weighted by molar-refractivity contribution is 6.33. The van der Waals surface area contributed by atoms with E-state index in [-0.39, 0.29) is 24.1 Å². The molecule has 100 valence electrons. The number of nitrogens with one attached hydrogen (secondary N) is 1. The van der Waals surface area contributed by atoms with Crippen LogP contribution in [0.5, 0.6) is 0 Å². The first-order chi connectivity index (χ1) is 8.65. The average Bonchev–Trinajstić information content (AvgIpc) is 2.31. The molecule has 5 heteroatoms. The molecule has 1 aromatic carbocycles. The van der Waals surface area contributed by atoms with Crippen molar-refractivity contribution in [3.63, 3.8) is 0 Å². The molecule has 0 heterocycles. The molecular weight excluding hydrogens is 257 g/mol. The Morgan fingerprint density at radius 2 is 2.28 bits per heavy atom. The van der Waals surface area contributed by atoms with Crippen molar-refractivity contribution in [3.8, 4) is 0 Å². The molecule has 1 aliphatic rings. The summed E-state index contributed by atoms with van der Waals surface area (Å²) in [6.07, 6.45) is 0.989.